The number of aromatic nitrogens is 2. The van der Waals surface area contributed by atoms with Crippen LogP contribution < -0.4 is 5.73 Å². The molecule has 2 N–H and O–H groups in total. The highest BCUT2D eigenvalue weighted by Crippen LogP contribution is 2.23. The number of ether oxygens (including phenoxy) is 1. The van der Waals surface area contributed by atoms with Crippen molar-refractivity contribution in [2.45, 2.75) is 13.5 Å². The molecule has 0 saturated heterocycles. The number of nitrogens with zero attached hydrogens (tertiary/aromatic N) is 2. The van der Waals surface area contributed by atoms with E-state index in [4.69, 9.17) is 10.5 Å². The minimum atomic E-state index is -0.697. The maximum atomic E-state index is 11.8. The molecule has 1 amide bonds. The molecule has 2 aromatic carbocycles. The second kappa shape index (κ2) is 8.81. The normalized spacial score (nSPS) is 10.9. The summed E-state index contributed by atoms with van der Waals surface area (Å²) in [5.41, 5.74) is 9.78. The van der Waals surface area contributed by atoms with Gasteiger partial charge in [0.2, 0.25) is 0 Å². The first-order valence-corrected chi connectivity index (χ1v) is 8.83. The molecule has 0 aliphatic rings. The Morgan fingerprint density at radius 2 is 1.82 bits per heavy atom. The van der Waals surface area contributed by atoms with Crippen molar-refractivity contribution in [3.05, 3.63) is 83.6 Å². The number of esters is 1. The first kappa shape index (κ1) is 19.1. The number of primary amides is 1. The van der Waals surface area contributed by atoms with Crippen molar-refractivity contribution >= 4 is 18.0 Å². The topological polar surface area (TPSA) is 87.2 Å². The van der Waals surface area contributed by atoms with E-state index >= 15 is 0 Å². The van der Waals surface area contributed by atoms with E-state index < -0.39 is 18.5 Å². The van der Waals surface area contributed by atoms with Crippen LogP contribution in [0.15, 0.2) is 66.9 Å². The monoisotopic (exact) mass is 375 g/mol. The van der Waals surface area contributed by atoms with Gasteiger partial charge in [-0.25, -0.2) is 4.79 Å². The maximum Gasteiger partial charge on any atom is 0.331 e. The molecule has 0 fully saturated rings. The minimum absolute atomic E-state index is 0.443. The van der Waals surface area contributed by atoms with E-state index in [1.807, 2.05) is 48.1 Å². The predicted octanol–water partition coefficient (Wildman–Crippen LogP) is 2.95. The summed E-state index contributed by atoms with van der Waals surface area (Å²) in [6.45, 7) is 2.22. The van der Waals surface area contributed by atoms with Crippen molar-refractivity contribution in [1.82, 2.24) is 9.78 Å². The molecule has 0 aliphatic heterocycles. The molecule has 0 atom stereocenters. The molecule has 3 rings (SSSR count). The SMILES string of the molecule is Cc1ccc(Cn2cc(/C=C/C(=O)OCC(N)=O)c(-c3ccccc3)n2)cc1. The molecule has 1 aromatic heterocycles. The van der Waals surface area contributed by atoms with E-state index in [2.05, 4.69) is 29.4 Å². The summed E-state index contributed by atoms with van der Waals surface area (Å²) in [5, 5.41) is 4.69. The van der Waals surface area contributed by atoms with Gasteiger partial charge in [0.15, 0.2) is 6.61 Å². The molecule has 6 nitrogen and oxygen atoms in total. The number of hydrogen-bond acceptors (Lipinski definition) is 4. The fraction of sp³-hybridized carbons (Fsp3) is 0.136. The number of carbonyl (C=O) groups is 2. The number of nitrogens with two attached hydrogens (primary N) is 1. The van der Waals surface area contributed by atoms with Gasteiger partial charge in [0.1, 0.15) is 0 Å². The van der Waals surface area contributed by atoms with Gasteiger partial charge in [0.25, 0.3) is 5.91 Å². The number of carbonyl (C=O) groups excluding carboxylic acids is 2. The minimum Gasteiger partial charge on any atom is -0.452 e. The summed E-state index contributed by atoms with van der Waals surface area (Å²) >= 11 is 0. The highest BCUT2D eigenvalue weighted by Gasteiger charge is 2.10. The second-order valence-corrected chi connectivity index (χ2v) is 6.39. The lowest BCUT2D eigenvalue weighted by Crippen LogP contribution is -2.19. The van der Waals surface area contributed by atoms with Crippen molar-refractivity contribution in [3.8, 4) is 11.3 Å². The Labute approximate surface area is 163 Å². The highest BCUT2D eigenvalue weighted by atomic mass is 16.5. The van der Waals surface area contributed by atoms with Crippen molar-refractivity contribution < 1.29 is 14.3 Å². The standard InChI is InChI=1S/C22H21N3O3/c1-16-7-9-17(10-8-16)13-25-14-19(11-12-21(27)28-15-20(23)26)22(24-25)18-5-3-2-4-6-18/h2-12,14H,13,15H2,1H3,(H2,23,26)/b12-11+. The molecular weight excluding hydrogens is 354 g/mol. The van der Waals surface area contributed by atoms with E-state index in [0.717, 1.165) is 22.4 Å². The van der Waals surface area contributed by atoms with Crippen LogP contribution in [0, 0.1) is 6.92 Å². The van der Waals surface area contributed by atoms with Crippen molar-refractivity contribution in [2.75, 3.05) is 6.61 Å². The molecule has 0 spiro atoms. The Kier molecular flexibility index (Phi) is 6.01. The summed E-state index contributed by atoms with van der Waals surface area (Å²) in [6.07, 6.45) is 4.77. The quantitative estimate of drug-likeness (QED) is 0.508. The summed E-state index contributed by atoms with van der Waals surface area (Å²) < 4.78 is 6.59. The summed E-state index contributed by atoms with van der Waals surface area (Å²) in [7, 11) is 0. The van der Waals surface area contributed by atoms with Crippen molar-refractivity contribution in [2.24, 2.45) is 5.73 Å². The molecule has 1 heterocycles. The maximum absolute atomic E-state index is 11.8. The molecule has 3 aromatic rings. The number of rotatable bonds is 7. The van der Waals surface area contributed by atoms with Gasteiger partial charge in [-0.2, -0.15) is 5.10 Å². The fourth-order valence-electron chi connectivity index (χ4n) is 2.69. The van der Waals surface area contributed by atoms with Crippen LogP contribution in [0.3, 0.4) is 0 Å². The van der Waals surface area contributed by atoms with Crippen LogP contribution in [0.25, 0.3) is 17.3 Å². The number of hydrogen-bond donors (Lipinski definition) is 1. The average molecular weight is 375 g/mol. The van der Waals surface area contributed by atoms with Gasteiger partial charge in [-0.05, 0) is 18.6 Å². The Morgan fingerprint density at radius 3 is 2.50 bits per heavy atom. The molecule has 0 bridgehead atoms. The molecule has 0 aliphatic carbocycles. The van der Waals surface area contributed by atoms with Crippen molar-refractivity contribution in [3.63, 3.8) is 0 Å². The van der Waals surface area contributed by atoms with Gasteiger partial charge in [-0.15, -0.1) is 0 Å². The van der Waals surface area contributed by atoms with Crippen LogP contribution in [0.1, 0.15) is 16.7 Å². The molecule has 0 unspecified atom stereocenters. The Hall–Kier alpha value is -3.67. The highest BCUT2D eigenvalue weighted by molar-refractivity contribution is 5.90. The second-order valence-electron chi connectivity index (χ2n) is 6.39. The fourth-order valence-corrected chi connectivity index (χ4v) is 2.69. The molecule has 142 valence electrons. The zero-order valence-electron chi connectivity index (χ0n) is 15.5. The number of aryl methyl sites for hydroxylation is 1. The zero-order valence-corrected chi connectivity index (χ0v) is 15.5. The van der Waals surface area contributed by atoms with Crippen LogP contribution in [-0.2, 0) is 20.9 Å². The van der Waals surface area contributed by atoms with E-state index in [1.165, 1.54) is 11.6 Å². The van der Waals surface area contributed by atoms with E-state index in [9.17, 15) is 9.59 Å². The lowest BCUT2D eigenvalue weighted by atomic mass is 10.1. The van der Waals surface area contributed by atoms with Crippen LogP contribution in [0.2, 0.25) is 0 Å². The lowest BCUT2D eigenvalue weighted by Gasteiger charge is -2.02. The predicted molar refractivity (Wildman–Crippen MR) is 107 cm³/mol. The zero-order chi connectivity index (χ0) is 19.9. The van der Waals surface area contributed by atoms with E-state index in [0.29, 0.717) is 6.54 Å². The smallest absolute Gasteiger partial charge is 0.331 e. The number of benzene rings is 2. The van der Waals surface area contributed by atoms with Crippen LogP contribution in [-0.4, -0.2) is 28.3 Å². The van der Waals surface area contributed by atoms with Crippen molar-refractivity contribution in [1.29, 1.82) is 0 Å². The third-order valence-electron chi connectivity index (χ3n) is 4.06. The average Bonchev–Trinajstić information content (AvgIpc) is 3.10. The number of amides is 1. The first-order valence-electron chi connectivity index (χ1n) is 8.83. The van der Waals surface area contributed by atoms with Gasteiger partial charge >= 0.3 is 5.97 Å². The van der Waals surface area contributed by atoms with Gasteiger partial charge in [0, 0.05) is 23.4 Å². The van der Waals surface area contributed by atoms with Gasteiger partial charge in [0.05, 0.1) is 12.2 Å². The van der Waals surface area contributed by atoms with Gasteiger partial charge in [-0.1, -0.05) is 60.2 Å². The van der Waals surface area contributed by atoms with Gasteiger partial charge < -0.3 is 10.5 Å². The molecule has 0 radical (unpaired) electrons. The first-order chi connectivity index (χ1) is 13.5. The van der Waals surface area contributed by atoms with E-state index in [-0.39, 0.29) is 0 Å². The van der Waals surface area contributed by atoms with E-state index in [1.54, 1.807) is 6.08 Å². The van der Waals surface area contributed by atoms with Crippen LogP contribution in [0.4, 0.5) is 0 Å². The Balaban J connectivity index is 1.86. The molecule has 6 heteroatoms. The lowest BCUT2D eigenvalue weighted by molar-refractivity contribution is -0.142. The largest absolute Gasteiger partial charge is 0.452 e. The summed E-state index contributed by atoms with van der Waals surface area (Å²) in [4.78, 5) is 22.5. The molecular formula is C22H21N3O3. The van der Waals surface area contributed by atoms with Crippen LogP contribution in [0.5, 0.6) is 0 Å². The third-order valence-corrected chi connectivity index (χ3v) is 4.06. The van der Waals surface area contributed by atoms with Crippen LogP contribution >= 0.6 is 0 Å². The molecule has 28 heavy (non-hydrogen) atoms. The Bertz CT molecular complexity index is 990. The summed E-state index contributed by atoms with van der Waals surface area (Å²) in [6, 6.07) is 18.0. The third kappa shape index (κ3) is 5.17. The Morgan fingerprint density at radius 1 is 1.11 bits per heavy atom. The summed E-state index contributed by atoms with van der Waals surface area (Å²) in [5.74, 6) is -1.33. The van der Waals surface area contributed by atoms with Gasteiger partial charge in [-0.3, -0.25) is 9.48 Å². The molecule has 0 saturated carbocycles.